The zero-order chi connectivity index (χ0) is 19.7. The fraction of sp³-hybridized carbons (Fsp3) is 0.273. The summed E-state index contributed by atoms with van der Waals surface area (Å²) >= 11 is 6.78. The Balaban J connectivity index is 1.74. The van der Waals surface area contributed by atoms with Crippen molar-refractivity contribution in [1.82, 2.24) is 14.7 Å². The Kier molecular flexibility index (Phi) is 5.09. The maximum Gasteiger partial charge on any atom is 0.257 e. The van der Waals surface area contributed by atoms with Gasteiger partial charge in [0, 0.05) is 12.2 Å². The summed E-state index contributed by atoms with van der Waals surface area (Å²) in [5, 5.41) is 8.73. The fourth-order valence-corrected chi connectivity index (χ4v) is 4.07. The van der Waals surface area contributed by atoms with Crippen LogP contribution in [0.1, 0.15) is 46.7 Å². The van der Waals surface area contributed by atoms with Crippen LogP contribution < -0.4 is 5.32 Å². The number of aromatic nitrogens is 2. The Morgan fingerprint density at radius 2 is 1.82 bits per heavy atom. The Morgan fingerprint density at radius 3 is 2.57 bits per heavy atom. The first-order valence-corrected chi connectivity index (χ1v) is 9.91. The lowest BCUT2D eigenvalue weighted by Crippen LogP contribution is -2.43. The van der Waals surface area contributed by atoms with Crippen molar-refractivity contribution in [2.45, 2.75) is 33.0 Å². The summed E-state index contributed by atoms with van der Waals surface area (Å²) in [5.41, 5.74) is 4.33. The van der Waals surface area contributed by atoms with E-state index in [4.69, 9.17) is 11.6 Å². The first-order chi connectivity index (χ1) is 13.6. The van der Waals surface area contributed by atoms with Gasteiger partial charge in [-0.3, -0.25) is 4.79 Å². The molecular formula is C22H23ClN4O. The molecule has 4 rings (SSSR count). The van der Waals surface area contributed by atoms with Gasteiger partial charge in [-0.1, -0.05) is 61.0 Å². The first kappa shape index (κ1) is 18.6. The van der Waals surface area contributed by atoms with Gasteiger partial charge >= 0.3 is 0 Å². The largest absolute Gasteiger partial charge is 0.361 e. The average molecular weight is 395 g/mol. The molecule has 0 spiro atoms. The van der Waals surface area contributed by atoms with Gasteiger partial charge < -0.3 is 10.2 Å². The number of carbonyl (C=O) groups is 1. The normalized spacial score (nSPS) is 16.0. The molecule has 28 heavy (non-hydrogen) atoms. The molecule has 1 atom stereocenters. The second kappa shape index (κ2) is 7.68. The van der Waals surface area contributed by atoms with Crippen molar-refractivity contribution in [2.24, 2.45) is 0 Å². The highest BCUT2D eigenvalue weighted by molar-refractivity contribution is 6.30. The van der Waals surface area contributed by atoms with Gasteiger partial charge in [0.1, 0.15) is 11.3 Å². The van der Waals surface area contributed by atoms with Crippen LogP contribution in [0.3, 0.4) is 0 Å². The third kappa shape index (κ3) is 3.27. The smallest absolute Gasteiger partial charge is 0.257 e. The molecule has 1 aliphatic heterocycles. The van der Waals surface area contributed by atoms with Crippen molar-refractivity contribution < 1.29 is 4.79 Å². The molecule has 0 saturated heterocycles. The molecular weight excluding hydrogens is 372 g/mol. The number of amides is 1. The van der Waals surface area contributed by atoms with Crippen molar-refractivity contribution in [3.63, 3.8) is 0 Å². The minimum atomic E-state index is -0.334. The van der Waals surface area contributed by atoms with Gasteiger partial charge in [0.2, 0.25) is 0 Å². The molecule has 2 heterocycles. The molecule has 144 valence electrons. The SMILES string of the molecule is CCCN1C(=O)c2ccccc2N[C@H]1c1c(C)nn(Cc2ccccc2)c1Cl. The van der Waals surface area contributed by atoms with Crippen molar-refractivity contribution in [2.75, 3.05) is 11.9 Å². The number of para-hydroxylation sites is 1. The zero-order valence-electron chi connectivity index (χ0n) is 16.0. The standard InChI is InChI=1S/C22H23ClN4O/c1-3-13-26-21(24-18-12-8-7-11-17(18)22(26)28)19-15(2)25-27(20(19)23)14-16-9-5-4-6-10-16/h4-12,21,24H,3,13-14H2,1-2H3/t21-/m1/s1. The van der Waals surface area contributed by atoms with E-state index in [1.165, 1.54) is 0 Å². The molecule has 0 saturated carbocycles. The summed E-state index contributed by atoms with van der Waals surface area (Å²) in [7, 11) is 0. The number of nitrogens with one attached hydrogen (secondary N) is 1. The molecule has 0 fully saturated rings. The van der Waals surface area contributed by atoms with E-state index in [1.807, 2.05) is 54.3 Å². The van der Waals surface area contributed by atoms with E-state index in [1.54, 1.807) is 4.68 Å². The summed E-state index contributed by atoms with van der Waals surface area (Å²) in [6.07, 6.45) is 0.528. The molecule has 1 N–H and O–H groups in total. The van der Waals surface area contributed by atoms with Crippen LogP contribution in [-0.2, 0) is 6.54 Å². The van der Waals surface area contributed by atoms with Gasteiger partial charge in [-0.05, 0) is 31.0 Å². The van der Waals surface area contributed by atoms with Gasteiger partial charge in [0.25, 0.3) is 5.91 Å². The molecule has 6 heteroatoms. The van der Waals surface area contributed by atoms with Crippen LogP contribution in [0.25, 0.3) is 0 Å². The van der Waals surface area contributed by atoms with E-state index in [0.717, 1.165) is 28.9 Å². The van der Waals surface area contributed by atoms with E-state index in [2.05, 4.69) is 29.5 Å². The number of nitrogens with zero attached hydrogens (tertiary/aromatic N) is 3. The summed E-state index contributed by atoms with van der Waals surface area (Å²) in [5.74, 6) is 0.0208. The third-order valence-electron chi connectivity index (χ3n) is 5.04. The highest BCUT2D eigenvalue weighted by atomic mass is 35.5. The van der Waals surface area contributed by atoms with Gasteiger partial charge in [0.15, 0.2) is 0 Å². The summed E-state index contributed by atoms with van der Waals surface area (Å²) < 4.78 is 1.80. The molecule has 1 aliphatic rings. The Hall–Kier alpha value is -2.79. The predicted molar refractivity (Wildman–Crippen MR) is 112 cm³/mol. The van der Waals surface area contributed by atoms with Gasteiger partial charge in [-0.2, -0.15) is 5.10 Å². The molecule has 0 aliphatic carbocycles. The van der Waals surface area contributed by atoms with Crippen LogP contribution in [0.4, 0.5) is 5.69 Å². The monoisotopic (exact) mass is 394 g/mol. The third-order valence-corrected chi connectivity index (χ3v) is 5.44. The van der Waals surface area contributed by atoms with Gasteiger partial charge in [-0.25, -0.2) is 4.68 Å². The quantitative estimate of drug-likeness (QED) is 0.671. The summed E-state index contributed by atoms with van der Waals surface area (Å²) in [6, 6.07) is 17.7. The predicted octanol–water partition coefficient (Wildman–Crippen LogP) is 4.87. The van der Waals surface area contributed by atoms with E-state index in [0.29, 0.717) is 23.8 Å². The lowest BCUT2D eigenvalue weighted by atomic mass is 10.0. The fourth-order valence-electron chi connectivity index (χ4n) is 3.73. The number of fused-ring (bicyclic) bond motifs is 1. The number of benzene rings is 2. The van der Waals surface area contributed by atoms with Gasteiger partial charge in [0.05, 0.1) is 23.4 Å². The summed E-state index contributed by atoms with van der Waals surface area (Å²) in [4.78, 5) is 15.0. The van der Waals surface area contributed by atoms with Crippen molar-refractivity contribution in [1.29, 1.82) is 0 Å². The maximum absolute atomic E-state index is 13.1. The molecule has 0 unspecified atom stereocenters. The lowest BCUT2D eigenvalue weighted by Gasteiger charge is -2.38. The number of halogens is 1. The first-order valence-electron chi connectivity index (χ1n) is 9.53. The number of anilines is 1. The number of carbonyl (C=O) groups excluding carboxylic acids is 1. The lowest BCUT2D eigenvalue weighted by molar-refractivity contribution is 0.0683. The molecule has 5 nitrogen and oxygen atoms in total. The van der Waals surface area contributed by atoms with E-state index in [-0.39, 0.29) is 12.1 Å². The zero-order valence-corrected chi connectivity index (χ0v) is 16.8. The van der Waals surface area contributed by atoms with Gasteiger partial charge in [-0.15, -0.1) is 0 Å². The van der Waals surface area contributed by atoms with Crippen molar-refractivity contribution >= 4 is 23.2 Å². The van der Waals surface area contributed by atoms with Crippen LogP contribution in [0.15, 0.2) is 54.6 Å². The molecule has 1 aromatic heterocycles. The van der Waals surface area contributed by atoms with E-state index < -0.39 is 0 Å². The van der Waals surface area contributed by atoms with E-state index >= 15 is 0 Å². The number of hydrogen-bond acceptors (Lipinski definition) is 3. The van der Waals surface area contributed by atoms with Crippen LogP contribution in [0.5, 0.6) is 0 Å². The average Bonchev–Trinajstić information content (AvgIpc) is 2.98. The van der Waals surface area contributed by atoms with Crippen LogP contribution in [0.2, 0.25) is 5.15 Å². The minimum Gasteiger partial charge on any atom is -0.361 e. The highest BCUT2D eigenvalue weighted by Gasteiger charge is 2.35. The van der Waals surface area contributed by atoms with Crippen LogP contribution in [-0.4, -0.2) is 27.1 Å². The van der Waals surface area contributed by atoms with E-state index in [9.17, 15) is 4.79 Å². The Bertz CT molecular complexity index is 999. The van der Waals surface area contributed by atoms with Crippen LogP contribution in [0, 0.1) is 6.92 Å². The molecule has 3 aromatic rings. The second-order valence-electron chi connectivity index (χ2n) is 7.02. The van der Waals surface area contributed by atoms with Crippen molar-refractivity contribution in [3.05, 3.63) is 82.1 Å². The molecule has 0 radical (unpaired) electrons. The Morgan fingerprint density at radius 1 is 1.11 bits per heavy atom. The van der Waals surface area contributed by atoms with Crippen LogP contribution >= 0.6 is 11.6 Å². The molecule has 1 amide bonds. The van der Waals surface area contributed by atoms with Crippen molar-refractivity contribution in [3.8, 4) is 0 Å². The number of hydrogen-bond donors (Lipinski definition) is 1. The topological polar surface area (TPSA) is 50.2 Å². The molecule has 2 aromatic carbocycles. The summed E-state index contributed by atoms with van der Waals surface area (Å²) in [6.45, 7) is 5.24. The maximum atomic E-state index is 13.1. The highest BCUT2D eigenvalue weighted by Crippen LogP contribution is 2.37. The molecule has 0 bridgehead atoms. The number of rotatable bonds is 5. The number of aryl methyl sites for hydroxylation is 1. The Labute approximate surface area is 169 Å². The minimum absolute atomic E-state index is 0.0208. The second-order valence-corrected chi connectivity index (χ2v) is 7.38.